The molecule has 3 amide bonds. The number of carbonyl (C=O) groups excluding carboxylic acids is 3. The van der Waals surface area contributed by atoms with Crippen molar-refractivity contribution in [1.29, 1.82) is 0 Å². The zero-order valence-electron chi connectivity index (χ0n) is 18.0. The number of nitrogens with one attached hydrogen (secondary N) is 3. The Morgan fingerprint density at radius 3 is 2.97 bits per heavy atom. The molecule has 0 spiro atoms. The second kappa shape index (κ2) is 8.63. The lowest BCUT2D eigenvalue weighted by Crippen LogP contribution is -2.50. The summed E-state index contributed by atoms with van der Waals surface area (Å²) in [6, 6.07) is 7.45. The molecule has 2 aliphatic rings. The van der Waals surface area contributed by atoms with E-state index in [1.54, 1.807) is 18.2 Å². The summed E-state index contributed by atoms with van der Waals surface area (Å²) in [5.41, 5.74) is 1.95. The molecule has 1 atom stereocenters. The first-order valence-electron chi connectivity index (χ1n) is 10.5. The molecule has 2 aromatic rings. The number of fused-ring (bicyclic) bond motifs is 1. The predicted molar refractivity (Wildman–Crippen MR) is 111 cm³/mol. The van der Waals surface area contributed by atoms with Crippen molar-refractivity contribution in [2.24, 2.45) is 0 Å². The molecule has 2 aliphatic heterocycles. The topological polar surface area (TPSA) is 99.8 Å². The first kappa shape index (κ1) is 19.3. The normalized spacial score (nSPS) is 20.6. The number of benzene rings is 2. The van der Waals surface area contributed by atoms with E-state index in [2.05, 4.69) is 16.0 Å². The summed E-state index contributed by atoms with van der Waals surface area (Å²) < 4.78 is 28.0. The maximum Gasteiger partial charge on any atom is 0.412 e. The molecular weight excluding hydrogens is 403 g/mol. The van der Waals surface area contributed by atoms with Gasteiger partial charge in [-0.15, -0.1) is 0 Å². The molecule has 0 saturated carbocycles. The van der Waals surface area contributed by atoms with Crippen LogP contribution in [-0.4, -0.2) is 42.4 Å². The summed E-state index contributed by atoms with van der Waals surface area (Å²) in [6.07, 6.45) is 0.227. The second-order valence-corrected chi connectivity index (χ2v) is 7.28. The van der Waals surface area contributed by atoms with Gasteiger partial charge in [-0.05, 0) is 43.2 Å². The molecule has 0 aromatic heterocycles. The molecule has 2 aromatic carbocycles. The van der Waals surface area contributed by atoms with E-state index in [-0.39, 0.29) is 36.7 Å². The van der Waals surface area contributed by atoms with Gasteiger partial charge >= 0.3 is 6.09 Å². The Balaban J connectivity index is 1.54. The summed E-state index contributed by atoms with van der Waals surface area (Å²) in [7, 11) is 1.42. The van der Waals surface area contributed by atoms with Crippen LogP contribution in [0.5, 0.6) is 5.75 Å². The van der Waals surface area contributed by atoms with Crippen molar-refractivity contribution in [2.75, 3.05) is 18.9 Å². The molecule has 4 rings (SSSR count). The van der Waals surface area contributed by atoms with Gasteiger partial charge in [0.2, 0.25) is 5.91 Å². The van der Waals surface area contributed by atoms with Crippen LogP contribution >= 0.6 is 0 Å². The monoisotopic (exact) mass is 427 g/mol. The van der Waals surface area contributed by atoms with E-state index in [4.69, 9.17) is 6.11 Å². The van der Waals surface area contributed by atoms with Crippen molar-refractivity contribution < 1.29 is 24.9 Å². The molecule has 0 bridgehead atoms. The van der Waals surface area contributed by atoms with Gasteiger partial charge in [-0.3, -0.25) is 9.59 Å². The number of amides is 3. The van der Waals surface area contributed by atoms with Gasteiger partial charge in [0.1, 0.15) is 17.6 Å². The maximum absolute atomic E-state index is 14.3. The van der Waals surface area contributed by atoms with Crippen molar-refractivity contribution in [2.45, 2.75) is 31.9 Å². The van der Waals surface area contributed by atoms with Crippen LogP contribution in [0.25, 0.3) is 0 Å². The molecule has 1 fully saturated rings. The molecule has 162 valence electrons. The van der Waals surface area contributed by atoms with Gasteiger partial charge in [-0.1, -0.05) is 6.07 Å². The molecule has 9 heteroatoms. The number of halogens is 1. The summed E-state index contributed by atoms with van der Waals surface area (Å²) in [4.78, 5) is 38.0. The van der Waals surface area contributed by atoms with Crippen molar-refractivity contribution >= 4 is 23.6 Å². The van der Waals surface area contributed by atoms with Crippen LogP contribution in [0.2, 0.25) is 0 Å². The zero-order valence-corrected chi connectivity index (χ0v) is 17.0. The maximum atomic E-state index is 14.3. The van der Waals surface area contributed by atoms with Gasteiger partial charge in [0.25, 0.3) is 5.91 Å². The third-order valence-electron chi connectivity index (χ3n) is 5.33. The number of anilines is 1. The van der Waals surface area contributed by atoms with Gasteiger partial charge in [0.05, 0.1) is 1.37 Å². The first-order chi connectivity index (χ1) is 15.3. The fourth-order valence-electron chi connectivity index (χ4n) is 3.75. The third-order valence-corrected chi connectivity index (χ3v) is 5.33. The lowest BCUT2D eigenvalue weighted by molar-refractivity contribution is -0.127. The zero-order chi connectivity index (χ0) is 22.9. The van der Waals surface area contributed by atoms with E-state index < -0.39 is 23.8 Å². The van der Waals surface area contributed by atoms with Crippen molar-refractivity contribution in [3.8, 4) is 5.75 Å². The van der Waals surface area contributed by atoms with E-state index in [1.807, 2.05) is 0 Å². The molecule has 8 nitrogen and oxygen atoms in total. The van der Waals surface area contributed by atoms with Crippen LogP contribution in [0.4, 0.5) is 14.9 Å². The Kier molecular flexibility index (Phi) is 5.39. The number of hydrogen-bond donors (Lipinski definition) is 3. The predicted octanol–water partition coefficient (Wildman–Crippen LogP) is 2.39. The van der Waals surface area contributed by atoms with Crippen molar-refractivity contribution in [1.82, 2.24) is 15.5 Å². The van der Waals surface area contributed by atoms with Crippen LogP contribution in [-0.2, 0) is 17.9 Å². The quantitative estimate of drug-likeness (QED) is 0.681. The van der Waals surface area contributed by atoms with Crippen LogP contribution in [0.15, 0.2) is 36.4 Å². The lowest BCUT2D eigenvalue weighted by Gasteiger charge is -2.30. The molecular formula is C22H23FN4O4. The van der Waals surface area contributed by atoms with Crippen LogP contribution < -0.4 is 20.7 Å². The Bertz CT molecular complexity index is 1100. The molecule has 3 N–H and O–H groups in total. The lowest BCUT2D eigenvalue weighted by atomic mass is 10.1. The smallest absolute Gasteiger partial charge is 0.410 e. The Morgan fingerprint density at radius 2 is 2.19 bits per heavy atom. The highest BCUT2D eigenvalue weighted by Gasteiger charge is 2.38. The number of hydrogen-bond acceptors (Lipinski definition) is 5. The standard InChI is InChI=1S/C22H23FN4O4/c1-24-22(30)31-14-7-8-17(23)13(10-14)11-26-18-5-2-4-15-16(18)12-27(21(15)29)19-6-3-9-25-20(19)28/h2,4-5,7-8,10,19,26H,3,6,9,11-12H2,1H3,(H,24,30)(H,25,28)/t19-/m0/s1/i19D. The molecule has 31 heavy (non-hydrogen) atoms. The highest BCUT2D eigenvalue weighted by molar-refractivity contribution is 6.02. The molecule has 0 aliphatic carbocycles. The number of ether oxygens (including phenoxy) is 1. The van der Waals surface area contributed by atoms with Gasteiger partial charge in [0.15, 0.2) is 0 Å². The summed E-state index contributed by atoms with van der Waals surface area (Å²) in [6.45, 7) is 0.681. The van der Waals surface area contributed by atoms with Gasteiger partial charge in [0, 0.05) is 49.1 Å². The van der Waals surface area contributed by atoms with E-state index in [9.17, 15) is 18.8 Å². The fraction of sp³-hybridized carbons (Fsp3) is 0.318. The Morgan fingerprint density at radius 1 is 1.35 bits per heavy atom. The van der Waals surface area contributed by atoms with Gasteiger partial charge in [-0.2, -0.15) is 0 Å². The second-order valence-electron chi connectivity index (χ2n) is 7.28. The Labute approximate surface area is 180 Å². The van der Waals surface area contributed by atoms with Crippen LogP contribution in [0.3, 0.4) is 0 Å². The minimum atomic E-state index is -1.65. The minimum Gasteiger partial charge on any atom is -0.410 e. The van der Waals surface area contributed by atoms with E-state index >= 15 is 0 Å². The van der Waals surface area contributed by atoms with Crippen LogP contribution in [0.1, 0.15) is 35.7 Å². The summed E-state index contributed by atoms with van der Waals surface area (Å²) >= 11 is 0. The van der Waals surface area contributed by atoms with E-state index in [0.29, 0.717) is 29.8 Å². The largest absolute Gasteiger partial charge is 0.412 e. The molecule has 0 unspecified atom stereocenters. The highest BCUT2D eigenvalue weighted by atomic mass is 19.1. The number of piperidine rings is 1. The molecule has 0 radical (unpaired) electrons. The summed E-state index contributed by atoms with van der Waals surface area (Å²) in [5.74, 6) is -1.13. The molecule has 2 heterocycles. The number of rotatable bonds is 5. The number of carbonyl (C=O) groups is 3. The average Bonchev–Trinajstić information content (AvgIpc) is 3.14. The number of nitrogens with zero attached hydrogens (tertiary/aromatic N) is 1. The van der Waals surface area contributed by atoms with Gasteiger partial charge in [-0.25, -0.2) is 9.18 Å². The van der Waals surface area contributed by atoms with Crippen molar-refractivity contribution in [3.63, 3.8) is 0 Å². The molecule has 1 saturated heterocycles. The first-order valence-corrected chi connectivity index (χ1v) is 9.97. The van der Waals surface area contributed by atoms with Gasteiger partial charge < -0.3 is 25.6 Å². The highest BCUT2D eigenvalue weighted by Crippen LogP contribution is 2.32. The Hall–Kier alpha value is -3.62. The average molecular weight is 427 g/mol. The SMILES string of the molecule is [2H][C@]1(N2Cc3c(NCc4cc(OC(=O)NC)ccc4F)cccc3C2=O)CCCNC1=O. The third kappa shape index (κ3) is 4.16. The van der Waals surface area contributed by atoms with Crippen molar-refractivity contribution in [3.05, 3.63) is 58.9 Å². The minimum absolute atomic E-state index is 0.0773. The summed E-state index contributed by atoms with van der Waals surface area (Å²) in [5, 5.41) is 8.12. The van der Waals surface area contributed by atoms with E-state index in [1.165, 1.54) is 30.1 Å². The fourth-order valence-corrected chi connectivity index (χ4v) is 3.75. The van der Waals surface area contributed by atoms with E-state index in [0.717, 1.165) is 0 Å². The van der Waals surface area contributed by atoms with Crippen LogP contribution in [0, 0.1) is 5.82 Å².